The van der Waals surface area contributed by atoms with Crippen LogP contribution in [0.15, 0.2) is 36.5 Å². The quantitative estimate of drug-likeness (QED) is 0.311. The lowest BCUT2D eigenvalue weighted by molar-refractivity contribution is -0.262. The lowest BCUT2D eigenvalue weighted by Gasteiger charge is -2.69. The van der Waals surface area contributed by atoms with Crippen LogP contribution in [0.25, 0.3) is 0 Å². The highest BCUT2D eigenvalue weighted by atomic mass is 16.7. The van der Waals surface area contributed by atoms with E-state index in [4.69, 9.17) is 23.7 Å². The Balaban J connectivity index is 1.77. The Morgan fingerprint density at radius 2 is 1.70 bits per heavy atom. The first-order chi connectivity index (χ1) is 17.0. The zero-order chi connectivity index (χ0) is 27.4. The van der Waals surface area contributed by atoms with E-state index in [1.807, 2.05) is 0 Å². The van der Waals surface area contributed by atoms with Crippen LogP contribution in [0.5, 0.6) is 0 Å². The molecule has 3 saturated heterocycles. The third-order valence-electron chi connectivity index (χ3n) is 10.5. The van der Waals surface area contributed by atoms with Gasteiger partial charge in [0.25, 0.3) is 0 Å². The van der Waals surface area contributed by atoms with Crippen molar-refractivity contribution in [2.75, 3.05) is 0 Å². The number of hydrogen-bond donors (Lipinski definition) is 1. The number of carbonyl (C=O) groups excluding carboxylic acids is 4. The van der Waals surface area contributed by atoms with Gasteiger partial charge < -0.3 is 28.8 Å². The van der Waals surface area contributed by atoms with Crippen molar-refractivity contribution in [1.82, 2.24) is 0 Å². The second kappa shape index (κ2) is 6.18. The number of fused-ring (bicyclic) bond motifs is 1. The van der Waals surface area contributed by atoms with Crippen molar-refractivity contribution < 1.29 is 48.0 Å². The van der Waals surface area contributed by atoms with Crippen molar-refractivity contribution in [3.63, 3.8) is 0 Å². The molecule has 0 amide bonds. The first-order valence-corrected chi connectivity index (χ1v) is 12.3. The molecular weight excluding hydrogens is 484 g/mol. The first-order valence-electron chi connectivity index (χ1n) is 12.3. The standard InChI is InChI=1S/C27H30O10/c1-12-22(7)18(34-15(4)28)26-13(2)24(10-9-17(30)35-21(24,5)6)11-16(29)23(26,8)25(12)19(31)33-14(3)27(25,37-26)20(32)36-22/h9-10,14,16,18,29H,1-2,11H2,3-8H3/t14-,16-,18-,22-,23-,24+,25-,26-,27+/m1/s1. The Morgan fingerprint density at radius 3 is 2.30 bits per heavy atom. The Bertz CT molecular complexity index is 1300. The van der Waals surface area contributed by atoms with Gasteiger partial charge in [-0.15, -0.1) is 0 Å². The molecule has 9 atom stereocenters. The number of aliphatic hydroxyl groups is 1. The summed E-state index contributed by atoms with van der Waals surface area (Å²) in [5, 5.41) is 12.1. The van der Waals surface area contributed by atoms with Crippen molar-refractivity contribution in [2.45, 2.75) is 88.7 Å². The number of carbonyl (C=O) groups is 4. The highest BCUT2D eigenvalue weighted by Gasteiger charge is 3.00. The summed E-state index contributed by atoms with van der Waals surface area (Å²) >= 11 is 0. The maximum atomic E-state index is 14.0. The topological polar surface area (TPSA) is 135 Å². The fraction of sp³-hybridized carbons (Fsp3) is 0.630. The highest BCUT2D eigenvalue weighted by molar-refractivity contribution is 6.03. The second-order valence-electron chi connectivity index (χ2n) is 12.0. The summed E-state index contributed by atoms with van der Waals surface area (Å²) in [6.07, 6.45) is -1.02. The molecule has 0 aromatic carbocycles. The minimum Gasteiger partial charge on any atom is -0.458 e. The van der Waals surface area contributed by atoms with Crippen LogP contribution >= 0.6 is 0 Å². The molecule has 2 spiro atoms. The fourth-order valence-electron chi connectivity index (χ4n) is 8.75. The van der Waals surface area contributed by atoms with E-state index in [1.165, 1.54) is 26.8 Å². The van der Waals surface area contributed by atoms with Crippen LogP contribution in [0.2, 0.25) is 0 Å². The predicted octanol–water partition coefficient (Wildman–Crippen LogP) is 1.45. The molecule has 5 fully saturated rings. The molecule has 0 radical (unpaired) electrons. The first kappa shape index (κ1) is 24.4. The van der Waals surface area contributed by atoms with Gasteiger partial charge in [-0.2, -0.15) is 0 Å². The Hall–Kier alpha value is -2.98. The monoisotopic (exact) mass is 514 g/mol. The summed E-state index contributed by atoms with van der Waals surface area (Å²) in [6, 6.07) is 0. The van der Waals surface area contributed by atoms with Gasteiger partial charge in [0.05, 0.1) is 16.9 Å². The Labute approximate surface area is 213 Å². The number of rotatable bonds is 1. The molecule has 2 aliphatic carbocycles. The van der Waals surface area contributed by atoms with Crippen molar-refractivity contribution in [1.29, 1.82) is 0 Å². The normalized spacial score (nSPS) is 52.4. The van der Waals surface area contributed by atoms with E-state index in [1.54, 1.807) is 26.8 Å². The van der Waals surface area contributed by atoms with Crippen molar-refractivity contribution in [3.05, 3.63) is 36.5 Å². The van der Waals surface area contributed by atoms with E-state index in [-0.39, 0.29) is 17.6 Å². The molecule has 2 saturated carbocycles. The Kier molecular flexibility index (Phi) is 4.07. The molecular formula is C27H30O10. The molecule has 0 unspecified atom stereocenters. The van der Waals surface area contributed by atoms with Gasteiger partial charge in [-0.1, -0.05) is 26.2 Å². The maximum Gasteiger partial charge on any atom is 0.345 e. The summed E-state index contributed by atoms with van der Waals surface area (Å²) in [7, 11) is 0. The Morgan fingerprint density at radius 1 is 1.05 bits per heavy atom. The molecule has 198 valence electrons. The summed E-state index contributed by atoms with van der Waals surface area (Å²) in [5.41, 5.74) is -11.1. The van der Waals surface area contributed by atoms with E-state index >= 15 is 0 Å². The van der Waals surface area contributed by atoms with E-state index in [2.05, 4.69) is 13.2 Å². The van der Waals surface area contributed by atoms with Gasteiger partial charge in [-0.25, -0.2) is 9.59 Å². The number of cyclic esters (lactones) is 2. The molecule has 6 aliphatic rings. The lowest BCUT2D eigenvalue weighted by atomic mass is 9.35. The zero-order valence-corrected chi connectivity index (χ0v) is 21.6. The van der Waals surface area contributed by atoms with Crippen LogP contribution in [-0.4, -0.2) is 69.7 Å². The number of ether oxygens (including phenoxy) is 5. The molecule has 4 heterocycles. The van der Waals surface area contributed by atoms with Crippen molar-refractivity contribution in [2.24, 2.45) is 16.2 Å². The molecule has 0 aromatic rings. The van der Waals surface area contributed by atoms with E-state index < -0.39 is 80.8 Å². The predicted molar refractivity (Wildman–Crippen MR) is 123 cm³/mol. The van der Waals surface area contributed by atoms with Gasteiger partial charge in [0.2, 0.25) is 5.60 Å². The van der Waals surface area contributed by atoms with E-state index in [0.717, 1.165) is 0 Å². The third-order valence-corrected chi connectivity index (χ3v) is 10.5. The van der Waals surface area contributed by atoms with Gasteiger partial charge in [-0.3, -0.25) is 9.59 Å². The van der Waals surface area contributed by atoms with Gasteiger partial charge >= 0.3 is 23.9 Å². The van der Waals surface area contributed by atoms with Gasteiger partial charge in [0, 0.05) is 13.0 Å². The largest absolute Gasteiger partial charge is 0.458 e. The van der Waals surface area contributed by atoms with Crippen molar-refractivity contribution in [3.8, 4) is 0 Å². The molecule has 1 N–H and O–H groups in total. The van der Waals surface area contributed by atoms with Gasteiger partial charge in [0.1, 0.15) is 22.7 Å². The lowest BCUT2D eigenvalue weighted by Crippen LogP contribution is -2.82. The molecule has 3 bridgehead atoms. The molecule has 0 aromatic heterocycles. The van der Waals surface area contributed by atoms with E-state index in [9.17, 15) is 24.3 Å². The zero-order valence-electron chi connectivity index (χ0n) is 21.6. The number of hydrogen-bond acceptors (Lipinski definition) is 10. The molecule has 37 heavy (non-hydrogen) atoms. The molecule has 10 heteroatoms. The number of aliphatic hydroxyl groups excluding tert-OH is 1. The van der Waals surface area contributed by atoms with Crippen LogP contribution in [0.1, 0.15) is 48.0 Å². The van der Waals surface area contributed by atoms with Crippen LogP contribution < -0.4 is 0 Å². The molecule has 4 aliphatic heterocycles. The summed E-state index contributed by atoms with van der Waals surface area (Å²) in [5.74, 6) is -2.92. The van der Waals surface area contributed by atoms with Gasteiger partial charge in [-0.05, 0) is 45.3 Å². The fourth-order valence-corrected chi connectivity index (χ4v) is 8.75. The minimum absolute atomic E-state index is 0.0322. The van der Waals surface area contributed by atoms with Crippen LogP contribution in [-0.2, 0) is 42.9 Å². The second-order valence-corrected chi connectivity index (χ2v) is 12.0. The maximum absolute atomic E-state index is 14.0. The highest BCUT2D eigenvalue weighted by Crippen LogP contribution is 2.84. The summed E-state index contributed by atoms with van der Waals surface area (Å²) in [4.78, 5) is 52.7. The van der Waals surface area contributed by atoms with Crippen LogP contribution in [0, 0.1) is 16.2 Å². The number of esters is 4. The van der Waals surface area contributed by atoms with E-state index in [0.29, 0.717) is 0 Å². The average Bonchev–Trinajstić information content (AvgIpc) is 3.10. The third kappa shape index (κ3) is 1.94. The molecule has 10 nitrogen and oxygen atoms in total. The van der Waals surface area contributed by atoms with Crippen molar-refractivity contribution >= 4 is 23.9 Å². The van der Waals surface area contributed by atoms with Crippen LogP contribution in [0.4, 0.5) is 0 Å². The summed E-state index contributed by atoms with van der Waals surface area (Å²) in [6.45, 7) is 17.9. The SMILES string of the molecule is C=C1[C@]2(C=CC(=O)OC2(C)C)C[C@@H](O)[C@]2(C)[C@]34C(=C)[C@@]5(C)OC(=O)[C@@]3(O[C@@]12[C@@H]5OC(C)=O)[C@@H](C)OC4=O. The van der Waals surface area contributed by atoms with Crippen LogP contribution in [0.3, 0.4) is 0 Å². The smallest absolute Gasteiger partial charge is 0.345 e. The summed E-state index contributed by atoms with van der Waals surface area (Å²) < 4.78 is 30.1. The molecule has 6 rings (SSSR count). The average molecular weight is 515 g/mol. The van der Waals surface area contributed by atoms with Gasteiger partial charge in [0.15, 0.2) is 11.7 Å². The minimum atomic E-state index is -2.03.